The number of hydrogen-bond donors (Lipinski definition) is 0. The maximum atomic E-state index is 14.0. The van der Waals surface area contributed by atoms with Crippen LogP contribution in [0.3, 0.4) is 0 Å². The van der Waals surface area contributed by atoms with Crippen molar-refractivity contribution in [3.63, 3.8) is 0 Å². The molecule has 13 heteroatoms. The number of halogens is 2. The number of aromatic nitrogens is 3. The third kappa shape index (κ3) is 4.35. The normalized spacial score (nSPS) is 15.7. The summed E-state index contributed by atoms with van der Waals surface area (Å²) < 4.78 is 55.9. The van der Waals surface area contributed by atoms with Gasteiger partial charge >= 0.3 is 0 Å². The zero-order chi connectivity index (χ0) is 22.9. The average Bonchev–Trinajstić information content (AvgIpc) is 3.22. The standard InChI is InChI=1S/C19H18F2N6O4S/c20-16-2-1-3-17(21)18(16)32(30,31)26-10-8-24(9-11-26)13-25-12-22-19(23-25)14-4-6-15(7-5-14)27(28)29/h1-7,12H,8-11,13H2. The predicted octanol–water partition coefficient (Wildman–Crippen LogP) is 2.10. The number of rotatable bonds is 6. The quantitative estimate of drug-likeness (QED) is 0.405. The summed E-state index contributed by atoms with van der Waals surface area (Å²) in [5.74, 6) is -1.83. The van der Waals surface area contributed by atoms with Crippen LogP contribution in [0, 0.1) is 21.7 Å². The van der Waals surface area contributed by atoms with Gasteiger partial charge in [-0.15, -0.1) is 5.10 Å². The highest BCUT2D eigenvalue weighted by molar-refractivity contribution is 7.89. The second-order valence-electron chi connectivity index (χ2n) is 7.13. The van der Waals surface area contributed by atoms with Gasteiger partial charge < -0.3 is 0 Å². The van der Waals surface area contributed by atoms with Crippen molar-refractivity contribution in [2.75, 3.05) is 26.2 Å². The van der Waals surface area contributed by atoms with Crippen molar-refractivity contribution in [1.82, 2.24) is 24.0 Å². The minimum Gasteiger partial charge on any atom is -0.282 e. The molecule has 0 bridgehead atoms. The van der Waals surface area contributed by atoms with Crippen molar-refractivity contribution >= 4 is 15.7 Å². The number of hydrogen-bond acceptors (Lipinski definition) is 7. The molecule has 0 N–H and O–H groups in total. The number of nitro benzene ring substituents is 1. The van der Waals surface area contributed by atoms with Gasteiger partial charge in [0.25, 0.3) is 5.69 Å². The van der Waals surface area contributed by atoms with Crippen molar-refractivity contribution in [1.29, 1.82) is 0 Å². The van der Waals surface area contributed by atoms with Gasteiger partial charge in [0, 0.05) is 43.9 Å². The summed E-state index contributed by atoms with van der Waals surface area (Å²) >= 11 is 0. The van der Waals surface area contributed by atoms with E-state index in [1.54, 1.807) is 16.8 Å². The van der Waals surface area contributed by atoms with E-state index in [9.17, 15) is 27.3 Å². The van der Waals surface area contributed by atoms with Gasteiger partial charge in [-0.05, 0) is 24.3 Å². The lowest BCUT2D eigenvalue weighted by molar-refractivity contribution is -0.384. The van der Waals surface area contributed by atoms with Gasteiger partial charge in [-0.25, -0.2) is 26.9 Å². The first-order valence-corrected chi connectivity index (χ1v) is 11.0. The van der Waals surface area contributed by atoms with E-state index in [0.717, 1.165) is 22.5 Å². The molecule has 1 fully saturated rings. The van der Waals surface area contributed by atoms with Gasteiger partial charge in [0.2, 0.25) is 10.0 Å². The summed E-state index contributed by atoms with van der Waals surface area (Å²) in [7, 11) is -4.29. The molecular weight excluding hydrogens is 446 g/mol. The summed E-state index contributed by atoms with van der Waals surface area (Å²) in [5.41, 5.74) is 0.591. The largest absolute Gasteiger partial charge is 0.282 e. The Labute approximate surface area is 181 Å². The fourth-order valence-electron chi connectivity index (χ4n) is 3.40. The zero-order valence-corrected chi connectivity index (χ0v) is 17.5. The second-order valence-corrected chi connectivity index (χ2v) is 9.00. The van der Waals surface area contributed by atoms with Gasteiger partial charge in [-0.3, -0.25) is 15.0 Å². The molecule has 2 aromatic carbocycles. The van der Waals surface area contributed by atoms with Crippen molar-refractivity contribution in [2.45, 2.75) is 11.6 Å². The molecule has 0 saturated carbocycles. The Hall–Kier alpha value is -3.29. The van der Waals surface area contributed by atoms with Crippen LogP contribution >= 0.6 is 0 Å². The first-order valence-electron chi connectivity index (χ1n) is 9.56. The highest BCUT2D eigenvalue weighted by Crippen LogP contribution is 2.24. The summed E-state index contributed by atoms with van der Waals surface area (Å²) in [4.78, 5) is 15.5. The van der Waals surface area contributed by atoms with Crippen molar-refractivity contribution in [2.24, 2.45) is 0 Å². The number of piperazine rings is 1. The Morgan fingerprint density at radius 3 is 2.22 bits per heavy atom. The molecule has 4 rings (SSSR count). The SMILES string of the molecule is O=[N+]([O-])c1ccc(-c2ncn(CN3CCN(S(=O)(=O)c4c(F)cccc4F)CC3)n2)cc1. The molecule has 1 saturated heterocycles. The summed E-state index contributed by atoms with van der Waals surface area (Å²) in [6.45, 7) is 1.14. The van der Waals surface area contributed by atoms with Crippen LogP contribution in [-0.2, 0) is 16.7 Å². The summed E-state index contributed by atoms with van der Waals surface area (Å²) in [5, 5.41) is 15.1. The lowest BCUT2D eigenvalue weighted by atomic mass is 10.2. The van der Waals surface area contributed by atoms with Crippen LogP contribution in [0.2, 0.25) is 0 Å². The highest BCUT2D eigenvalue weighted by atomic mass is 32.2. The highest BCUT2D eigenvalue weighted by Gasteiger charge is 2.33. The number of nitrogens with zero attached hydrogens (tertiary/aromatic N) is 6. The minimum atomic E-state index is -4.29. The van der Waals surface area contributed by atoms with Crippen LogP contribution in [0.15, 0.2) is 53.7 Å². The van der Waals surface area contributed by atoms with E-state index in [1.165, 1.54) is 18.5 Å². The Kier molecular flexibility index (Phi) is 5.95. The lowest BCUT2D eigenvalue weighted by Gasteiger charge is -2.33. The van der Waals surface area contributed by atoms with Crippen molar-refractivity contribution in [3.05, 3.63) is 70.5 Å². The summed E-state index contributed by atoms with van der Waals surface area (Å²) in [6, 6.07) is 8.80. The molecule has 0 amide bonds. The first kappa shape index (κ1) is 21.9. The van der Waals surface area contributed by atoms with E-state index in [2.05, 4.69) is 10.1 Å². The predicted molar refractivity (Wildman–Crippen MR) is 109 cm³/mol. The van der Waals surface area contributed by atoms with E-state index >= 15 is 0 Å². The molecule has 32 heavy (non-hydrogen) atoms. The smallest absolute Gasteiger partial charge is 0.269 e. The Morgan fingerprint density at radius 1 is 1.00 bits per heavy atom. The second kappa shape index (κ2) is 8.68. The van der Waals surface area contributed by atoms with E-state index < -0.39 is 31.5 Å². The van der Waals surface area contributed by atoms with Gasteiger partial charge in [0.15, 0.2) is 10.7 Å². The first-order chi connectivity index (χ1) is 15.3. The third-order valence-electron chi connectivity index (χ3n) is 5.07. The van der Waals surface area contributed by atoms with Crippen LogP contribution in [0.1, 0.15) is 0 Å². The number of benzene rings is 2. The van der Waals surface area contributed by atoms with Gasteiger partial charge in [0.1, 0.15) is 18.0 Å². The molecule has 168 valence electrons. The fraction of sp³-hybridized carbons (Fsp3) is 0.263. The fourth-order valence-corrected chi connectivity index (χ4v) is 4.93. The molecule has 0 unspecified atom stereocenters. The lowest BCUT2D eigenvalue weighted by Crippen LogP contribution is -2.49. The van der Waals surface area contributed by atoms with Crippen LogP contribution in [0.4, 0.5) is 14.5 Å². The van der Waals surface area contributed by atoms with Crippen LogP contribution in [0.5, 0.6) is 0 Å². The topological polar surface area (TPSA) is 114 Å². The Bertz CT molecular complexity index is 1220. The van der Waals surface area contributed by atoms with Crippen molar-refractivity contribution < 1.29 is 22.1 Å². The monoisotopic (exact) mass is 464 g/mol. The Morgan fingerprint density at radius 2 is 1.62 bits per heavy atom. The molecular formula is C19H18F2N6O4S. The average molecular weight is 464 g/mol. The summed E-state index contributed by atoms with van der Waals surface area (Å²) in [6.07, 6.45) is 1.51. The van der Waals surface area contributed by atoms with E-state index in [4.69, 9.17) is 0 Å². The Balaban J connectivity index is 1.39. The molecule has 1 aliphatic rings. The van der Waals surface area contributed by atoms with Crippen molar-refractivity contribution in [3.8, 4) is 11.4 Å². The number of non-ortho nitro benzene ring substituents is 1. The molecule has 1 aromatic heterocycles. The molecule has 1 aliphatic heterocycles. The maximum absolute atomic E-state index is 14.0. The van der Waals surface area contributed by atoms with E-state index in [0.29, 0.717) is 31.1 Å². The zero-order valence-electron chi connectivity index (χ0n) is 16.6. The van der Waals surface area contributed by atoms with Gasteiger partial charge in [-0.1, -0.05) is 6.07 Å². The van der Waals surface area contributed by atoms with Gasteiger partial charge in [0.05, 0.1) is 11.6 Å². The van der Waals surface area contributed by atoms with Crippen LogP contribution in [-0.4, -0.2) is 63.5 Å². The minimum absolute atomic E-state index is 0.0312. The maximum Gasteiger partial charge on any atom is 0.269 e. The molecule has 0 spiro atoms. The van der Waals surface area contributed by atoms with Crippen LogP contribution in [0.25, 0.3) is 11.4 Å². The van der Waals surface area contributed by atoms with Crippen LogP contribution < -0.4 is 0 Å². The van der Waals surface area contributed by atoms with Gasteiger partial charge in [-0.2, -0.15) is 4.31 Å². The molecule has 3 aromatic rings. The molecule has 0 aliphatic carbocycles. The third-order valence-corrected chi connectivity index (χ3v) is 7.02. The molecule has 2 heterocycles. The number of sulfonamides is 1. The molecule has 0 radical (unpaired) electrons. The molecule has 10 nitrogen and oxygen atoms in total. The van der Waals surface area contributed by atoms with E-state index in [-0.39, 0.29) is 18.8 Å². The molecule has 0 atom stereocenters. The number of nitro groups is 1. The van der Waals surface area contributed by atoms with E-state index in [1.807, 2.05) is 4.90 Å².